The largest absolute Gasteiger partial charge is 0.504 e. The first-order valence-electron chi connectivity index (χ1n) is 5.73. The number of phenols is 1. The van der Waals surface area contributed by atoms with Gasteiger partial charge < -0.3 is 20.5 Å². The van der Waals surface area contributed by atoms with E-state index in [0.717, 1.165) is 17.5 Å². The molecule has 0 radical (unpaired) electrons. The van der Waals surface area contributed by atoms with Gasteiger partial charge in [0.15, 0.2) is 11.5 Å². The lowest BCUT2D eigenvalue weighted by Gasteiger charge is -2.16. The summed E-state index contributed by atoms with van der Waals surface area (Å²) < 4.78 is 5.18. The minimum Gasteiger partial charge on any atom is -0.504 e. The highest BCUT2D eigenvalue weighted by molar-refractivity contribution is 5.48. The normalized spacial score (nSPS) is 12.8. The monoisotopic (exact) mass is 238 g/mol. The second-order valence-electron chi connectivity index (χ2n) is 4.73. The van der Waals surface area contributed by atoms with Gasteiger partial charge in [0.1, 0.15) is 0 Å². The van der Waals surface area contributed by atoms with Gasteiger partial charge in [0, 0.05) is 18.2 Å². The minimum absolute atomic E-state index is 0.0939. The molecule has 1 aromatic rings. The zero-order valence-corrected chi connectivity index (χ0v) is 11.0. The summed E-state index contributed by atoms with van der Waals surface area (Å²) in [4.78, 5) is 2.00. The molecule has 1 aromatic carbocycles. The van der Waals surface area contributed by atoms with Crippen LogP contribution in [-0.4, -0.2) is 37.3 Å². The van der Waals surface area contributed by atoms with Gasteiger partial charge in [0.05, 0.1) is 7.11 Å². The zero-order valence-electron chi connectivity index (χ0n) is 11.0. The second-order valence-corrected chi connectivity index (χ2v) is 4.73. The third kappa shape index (κ3) is 3.91. The molecule has 0 heterocycles. The van der Waals surface area contributed by atoms with Crippen LogP contribution in [0.1, 0.15) is 18.1 Å². The van der Waals surface area contributed by atoms with E-state index in [0.29, 0.717) is 12.3 Å². The lowest BCUT2D eigenvalue weighted by atomic mass is 10.0. The molecule has 0 aromatic heterocycles. The zero-order chi connectivity index (χ0) is 13.0. The molecular weight excluding hydrogens is 216 g/mol. The van der Waals surface area contributed by atoms with Crippen molar-refractivity contribution in [1.82, 2.24) is 4.90 Å². The van der Waals surface area contributed by atoms with Crippen LogP contribution < -0.4 is 10.5 Å². The number of nitrogens with zero attached hydrogens (tertiary/aromatic N) is 1. The van der Waals surface area contributed by atoms with E-state index in [1.165, 1.54) is 0 Å². The summed E-state index contributed by atoms with van der Waals surface area (Å²) in [5.74, 6) is 0.731. The Balaban J connectivity index is 3.09. The number of ether oxygens (including phenoxy) is 1. The van der Waals surface area contributed by atoms with E-state index >= 15 is 0 Å². The first-order chi connectivity index (χ1) is 7.93. The van der Waals surface area contributed by atoms with Gasteiger partial charge in [-0.15, -0.1) is 0 Å². The average Bonchev–Trinajstić information content (AvgIpc) is 2.21. The molecule has 0 spiro atoms. The molecular formula is C13H22N2O2. The Bertz CT molecular complexity index is 376. The van der Waals surface area contributed by atoms with Crippen LogP contribution in [0, 0.1) is 0 Å². The average molecular weight is 238 g/mol. The number of phenolic OH excluding ortho intramolecular Hbond substituents is 1. The Morgan fingerprint density at radius 1 is 1.41 bits per heavy atom. The van der Waals surface area contributed by atoms with E-state index in [-0.39, 0.29) is 11.8 Å². The van der Waals surface area contributed by atoms with Crippen molar-refractivity contribution in [3.05, 3.63) is 23.3 Å². The minimum atomic E-state index is 0.0939. The quantitative estimate of drug-likeness (QED) is 0.813. The molecule has 1 unspecified atom stereocenters. The standard InChI is InChI=1S/C13H22N2O2/c1-9(14)5-10-6-11(8-15(2)3)13(16)12(7-10)17-4/h6-7,9,16H,5,8,14H2,1-4H3. The maximum Gasteiger partial charge on any atom is 0.162 e. The van der Waals surface area contributed by atoms with Crippen molar-refractivity contribution in [1.29, 1.82) is 0 Å². The first-order valence-corrected chi connectivity index (χ1v) is 5.73. The van der Waals surface area contributed by atoms with Gasteiger partial charge in [-0.2, -0.15) is 0 Å². The van der Waals surface area contributed by atoms with Crippen LogP contribution in [0.4, 0.5) is 0 Å². The molecule has 96 valence electrons. The van der Waals surface area contributed by atoms with E-state index in [1.807, 2.05) is 38.1 Å². The Morgan fingerprint density at radius 2 is 2.06 bits per heavy atom. The number of methoxy groups -OCH3 is 1. The molecule has 4 heteroatoms. The Kier molecular flexibility index (Phi) is 4.78. The summed E-state index contributed by atoms with van der Waals surface area (Å²) in [6.07, 6.45) is 0.775. The highest BCUT2D eigenvalue weighted by Gasteiger charge is 2.12. The fourth-order valence-electron chi connectivity index (χ4n) is 1.84. The molecule has 4 nitrogen and oxygen atoms in total. The van der Waals surface area contributed by atoms with Crippen LogP contribution in [-0.2, 0) is 13.0 Å². The summed E-state index contributed by atoms with van der Waals surface area (Å²) in [6.45, 7) is 2.64. The summed E-state index contributed by atoms with van der Waals surface area (Å²) in [5, 5.41) is 10.0. The SMILES string of the molecule is COc1cc(CC(C)N)cc(CN(C)C)c1O. The summed E-state index contributed by atoms with van der Waals surface area (Å²) in [7, 11) is 5.48. The molecule has 0 amide bonds. The van der Waals surface area contributed by atoms with Crippen molar-refractivity contribution in [2.24, 2.45) is 5.73 Å². The molecule has 0 saturated carbocycles. The van der Waals surface area contributed by atoms with Crippen molar-refractivity contribution in [3.8, 4) is 11.5 Å². The van der Waals surface area contributed by atoms with Crippen molar-refractivity contribution in [3.63, 3.8) is 0 Å². The number of hydrogen-bond donors (Lipinski definition) is 2. The smallest absolute Gasteiger partial charge is 0.162 e. The molecule has 1 atom stereocenters. The highest BCUT2D eigenvalue weighted by Crippen LogP contribution is 2.32. The van der Waals surface area contributed by atoms with Gasteiger partial charge in [0.25, 0.3) is 0 Å². The number of hydrogen-bond acceptors (Lipinski definition) is 4. The van der Waals surface area contributed by atoms with Gasteiger partial charge in [-0.25, -0.2) is 0 Å². The molecule has 3 N–H and O–H groups in total. The van der Waals surface area contributed by atoms with Crippen LogP contribution in [0.5, 0.6) is 11.5 Å². The summed E-state index contributed by atoms with van der Waals surface area (Å²) in [5.41, 5.74) is 7.75. The van der Waals surface area contributed by atoms with E-state index in [4.69, 9.17) is 10.5 Å². The Labute approximate surface area is 103 Å². The molecule has 0 aliphatic carbocycles. The number of benzene rings is 1. The van der Waals surface area contributed by atoms with Crippen molar-refractivity contribution >= 4 is 0 Å². The van der Waals surface area contributed by atoms with Gasteiger partial charge in [-0.3, -0.25) is 0 Å². The van der Waals surface area contributed by atoms with Crippen molar-refractivity contribution in [2.75, 3.05) is 21.2 Å². The van der Waals surface area contributed by atoms with E-state index in [9.17, 15) is 5.11 Å². The molecule has 0 aliphatic heterocycles. The number of rotatable bonds is 5. The topological polar surface area (TPSA) is 58.7 Å². The third-order valence-corrected chi connectivity index (χ3v) is 2.48. The Morgan fingerprint density at radius 3 is 2.53 bits per heavy atom. The van der Waals surface area contributed by atoms with Crippen LogP contribution in [0.15, 0.2) is 12.1 Å². The lowest BCUT2D eigenvalue weighted by Crippen LogP contribution is -2.18. The fraction of sp³-hybridized carbons (Fsp3) is 0.538. The molecule has 0 saturated heterocycles. The third-order valence-electron chi connectivity index (χ3n) is 2.48. The molecule has 1 rings (SSSR count). The van der Waals surface area contributed by atoms with Crippen molar-refractivity contribution in [2.45, 2.75) is 25.9 Å². The molecule has 0 fully saturated rings. The van der Waals surface area contributed by atoms with E-state index in [1.54, 1.807) is 7.11 Å². The molecule has 0 bridgehead atoms. The van der Waals surface area contributed by atoms with E-state index < -0.39 is 0 Å². The van der Waals surface area contributed by atoms with Crippen LogP contribution in [0.3, 0.4) is 0 Å². The maximum atomic E-state index is 10.0. The molecule has 0 aliphatic rings. The summed E-state index contributed by atoms with van der Waals surface area (Å²) >= 11 is 0. The first kappa shape index (κ1) is 13.8. The highest BCUT2D eigenvalue weighted by atomic mass is 16.5. The van der Waals surface area contributed by atoms with Crippen LogP contribution >= 0.6 is 0 Å². The summed E-state index contributed by atoms with van der Waals surface area (Å²) in [6, 6.07) is 3.93. The van der Waals surface area contributed by atoms with Gasteiger partial charge in [-0.05, 0) is 39.1 Å². The predicted octanol–water partition coefficient (Wildman–Crippen LogP) is 1.35. The molecule has 17 heavy (non-hydrogen) atoms. The number of nitrogens with two attached hydrogens (primary N) is 1. The van der Waals surface area contributed by atoms with Gasteiger partial charge in [0.2, 0.25) is 0 Å². The number of aromatic hydroxyl groups is 1. The maximum absolute atomic E-state index is 10.0. The van der Waals surface area contributed by atoms with Crippen LogP contribution in [0.25, 0.3) is 0 Å². The predicted molar refractivity (Wildman–Crippen MR) is 69.4 cm³/mol. The van der Waals surface area contributed by atoms with Gasteiger partial charge in [-0.1, -0.05) is 6.07 Å². The van der Waals surface area contributed by atoms with Gasteiger partial charge >= 0.3 is 0 Å². The van der Waals surface area contributed by atoms with Crippen LogP contribution in [0.2, 0.25) is 0 Å². The second kappa shape index (κ2) is 5.89. The Hall–Kier alpha value is -1.26. The van der Waals surface area contributed by atoms with Crippen molar-refractivity contribution < 1.29 is 9.84 Å². The van der Waals surface area contributed by atoms with E-state index in [2.05, 4.69) is 0 Å². The fourth-order valence-corrected chi connectivity index (χ4v) is 1.84. The lowest BCUT2D eigenvalue weighted by molar-refractivity contribution is 0.354.